The minimum absolute atomic E-state index is 0.201. The molecule has 0 aromatic heterocycles. The van der Waals surface area contributed by atoms with E-state index in [1.807, 2.05) is 0 Å². The topological polar surface area (TPSA) is 61.8 Å². The molecule has 0 aliphatic heterocycles. The van der Waals surface area contributed by atoms with Gasteiger partial charge in [0.05, 0.1) is 16.7 Å². The fourth-order valence-corrected chi connectivity index (χ4v) is 2.56. The summed E-state index contributed by atoms with van der Waals surface area (Å²) in [7, 11) is 0. The molecule has 0 radical (unpaired) electrons. The van der Waals surface area contributed by atoms with E-state index in [4.69, 9.17) is 25.8 Å². The number of ether oxygens (including phenoxy) is 3. The number of halogens is 2. The van der Waals surface area contributed by atoms with Gasteiger partial charge in [-0.1, -0.05) is 27.5 Å². The Balaban J connectivity index is 1.89. The zero-order valence-corrected chi connectivity index (χ0v) is 16.0. The van der Waals surface area contributed by atoms with E-state index in [1.54, 1.807) is 32.0 Å². The smallest absolute Gasteiger partial charge is 0.349 e. The highest BCUT2D eigenvalue weighted by Gasteiger charge is 2.11. The van der Waals surface area contributed by atoms with E-state index in [0.29, 0.717) is 22.1 Å². The molecule has 5 nitrogen and oxygen atoms in total. The highest BCUT2D eigenvalue weighted by Crippen LogP contribution is 2.27. The second kappa shape index (κ2) is 8.87. The van der Waals surface area contributed by atoms with Crippen molar-refractivity contribution in [2.45, 2.75) is 20.0 Å². The van der Waals surface area contributed by atoms with Crippen LogP contribution in [0.4, 0.5) is 0 Å². The number of rotatable bonds is 6. The fourth-order valence-electron chi connectivity index (χ4n) is 1.83. The normalized spacial score (nSPS) is 10.4. The van der Waals surface area contributed by atoms with Gasteiger partial charge >= 0.3 is 11.9 Å². The van der Waals surface area contributed by atoms with Crippen molar-refractivity contribution in [2.24, 2.45) is 0 Å². The highest BCUT2D eigenvalue weighted by molar-refractivity contribution is 9.10. The molecule has 132 valence electrons. The first-order valence-electron chi connectivity index (χ1n) is 7.44. The molecule has 2 aromatic rings. The molecule has 0 unspecified atom stereocenters. The maximum atomic E-state index is 11.8. The van der Waals surface area contributed by atoms with E-state index in [0.717, 1.165) is 4.47 Å². The summed E-state index contributed by atoms with van der Waals surface area (Å²) >= 11 is 9.29. The Morgan fingerprint density at radius 1 is 1.12 bits per heavy atom. The summed E-state index contributed by atoms with van der Waals surface area (Å²) in [6.45, 7) is 3.25. The first-order valence-corrected chi connectivity index (χ1v) is 8.62. The molecule has 0 amide bonds. The van der Waals surface area contributed by atoms with Crippen LogP contribution >= 0.6 is 27.5 Å². The quantitative estimate of drug-likeness (QED) is 0.496. The fraction of sp³-hybridized carbons (Fsp3) is 0.222. The molecule has 0 saturated heterocycles. The molecular weight excluding hydrogens is 412 g/mol. The molecule has 0 atom stereocenters. The van der Waals surface area contributed by atoms with Crippen LogP contribution in [0, 0.1) is 0 Å². The molecule has 0 saturated carbocycles. The van der Waals surface area contributed by atoms with E-state index >= 15 is 0 Å². The molecule has 25 heavy (non-hydrogen) atoms. The van der Waals surface area contributed by atoms with Crippen molar-refractivity contribution in [1.29, 1.82) is 0 Å². The Hall–Kier alpha value is -2.05. The minimum atomic E-state index is -0.587. The summed E-state index contributed by atoms with van der Waals surface area (Å²) in [4.78, 5) is 23.6. The molecular formula is C18H16BrClO5. The second-order valence-electron chi connectivity index (χ2n) is 5.32. The van der Waals surface area contributed by atoms with Gasteiger partial charge in [-0.05, 0) is 56.3 Å². The Kier molecular flexibility index (Phi) is 6.84. The number of carbonyl (C=O) groups excluding carboxylic acids is 2. The first kappa shape index (κ1) is 19.3. The van der Waals surface area contributed by atoms with E-state index in [1.165, 1.54) is 24.3 Å². The Morgan fingerprint density at radius 2 is 1.80 bits per heavy atom. The van der Waals surface area contributed by atoms with Crippen molar-refractivity contribution < 1.29 is 23.8 Å². The van der Waals surface area contributed by atoms with Crippen molar-refractivity contribution in [3.8, 4) is 11.5 Å². The first-order chi connectivity index (χ1) is 11.8. The molecule has 0 N–H and O–H groups in total. The van der Waals surface area contributed by atoms with Gasteiger partial charge in [-0.25, -0.2) is 9.59 Å². The highest BCUT2D eigenvalue weighted by atomic mass is 79.9. The summed E-state index contributed by atoms with van der Waals surface area (Å²) < 4.78 is 16.4. The lowest BCUT2D eigenvalue weighted by Crippen LogP contribution is -2.18. The van der Waals surface area contributed by atoms with Crippen LogP contribution < -0.4 is 9.47 Å². The van der Waals surface area contributed by atoms with Crippen molar-refractivity contribution in [3.63, 3.8) is 0 Å². The monoisotopic (exact) mass is 426 g/mol. The van der Waals surface area contributed by atoms with Gasteiger partial charge in [0, 0.05) is 4.47 Å². The van der Waals surface area contributed by atoms with Gasteiger partial charge in [0.1, 0.15) is 11.5 Å². The zero-order valence-electron chi connectivity index (χ0n) is 13.6. The Bertz CT molecular complexity index is 759. The third-order valence-corrected chi connectivity index (χ3v) is 3.69. The van der Waals surface area contributed by atoms with Gasteiger partial charge in [-0.3, -0.25) is 0 Å². The summed E-state index contributed by atoms with van der Waals surface area (Å²) in [5.41, 5.74) is 0.381. The molecule has 0 aliphatic rings. The van der Waals surface area contributed by atoms with Crippen LogP contribution in [0.2, 0.25) is 5.02 Å². The molecule has 0 fully saturated rings. The average Bonchev–Trinajstić information content (AvgIpc) is 2.54. The lowest BCUT2D eigenvalue weighted by atomic mass is 10.2. The van der Waals surface area contributed by atoms with Gasteiger partial charge in [-0.2, -0.15) is 0 Å². The van der Waals surface area contributed by atoms with Crippen LogP contribution in [-0.4, -0.2) is 24.6 Å². The summed E-state index contributed by atoms with van der Waals surface area (Å²) in [6.07, 6.45) is -0.201. The molecule has 2 aromatic carbocycles. The summed E-state index contributed by atoms with van der Waals surface area (Å²) in [5.74, 6) is -0.331. The third-order valence-electron chi connectivity index (χ3n) is 2.90. The number of hydrogen-bond acceptors (Lipinski definition) is 5. The Morgan fingerprint density at radius 3 is 2.40 bits per heavy atom. The van der Waals surface area contributed by atoms with Crippen LogP contribution in [0.3, 0.4) is 0 Å². The lowest BCUT2D eigenvalue weighted by molar-refractivity contribution is -0.136. The SMILES string of the molecule is CC(C)OC(=O)c1ccc(OC(=O)COc2ccc(Br)cc2Cl)cc1. The number of hydrogen-bond donors (Lipinski definition) is 0. The number of carbonyl (C=O) groups is 2. The van der Waals surface area contributed by atoms with Gasteiger partial charge in [0.15, 0.2) is 6.61 Å². The number of esters is 2. The van der Waals surface area contributed by atoms with Gasteiger partial charge in [-0.15, -0.1) is 0 Å². The number of benzene rings is 2. The minimum Gasteiger partial charge on any atom is -0.480 e. The average molecular weight is 428 g/mol. The van der Waals surface area contributed by atoms with Crippen LogP contribution in [0.5, 0.6) is 11.5 Å². The van der Waals surface area contributed by atoms with E-state index in [-0.39, 0.29) is 12.7 Å². The van der Waals surface area contributed by atoms with Crippen molar-refractivity contribution in [1.82, 2.24) is 0 Å². The van der Waals surface area contributed by atoms with Crippen molar-refractivity contribution in [3.05, 3.63) is 57.5 Å². The van der Waals surface area contributed by atoms with Gasteiger partial charge in [0.2, 0.25) is 0 Å². The lowest BCUT2D eigenvalue weighted by Gasteiger charge is -2.09. The summed E-state index contributed by atoms with van der Waals surface area (Å²) in [5, 5.41) is 0.384. The molecule has 7 heteroatoms. The molecule has 2 rings (SSSR count). The largest absolute Gasteiger partial charge is 0.480 e. The molecule has 0 heterocycles. The van der Waals surface area contributed by atoms with E-state index < -0.39 is 11.9 Å². The molecule has 0 spiro atoms. The predicted molar refractivity (Wildman–Crippen MR) is 97.3 cm³/mol. The second-order valence-corrected chi connectivity index (χ2v) is 6.64. The Labute approximate surface area is 159 Å². The van der Waals surface area contributed by atoms with E-state index in [9.17, 15) is 9.59 Å². The van der Waals surface area contributed by atoms with Crippen molar-refractivity contribution >= 4 is 39.5 Å². The maximum absolute atomic E-state index is 11.8. The van der Waals surface area contributed by atoms with Crippen LogP contribution in [0.15, 0.2) is 46.9 Å². The third kappa shape index (κ3) is 6.07. The molecule has 0 bridgehead atoms. The van der Waals surface area contributed by atoms with Gasteiger partial charge in [0.25, 0.3) is 0 Å². The maximum Gasteiger partial charge on any atom is 0.349 e. The van der Waals surface area contributed by atoms with Crippen LogP contribution in [-0.2, 0) is 9.53 Å². The van der Waals surface area contributed by atoms with Crippen LogP contribution in [0.25, 0.3) is 0 Å². The molecule has 0 aliphatic carbocycles. The van der Waals surface area contributed by atoms with Gasteiger partial charge < -0.3 is 14.2 Å². The van der Waals surface area contributed by atoms with E-state index in [2.05, 4.69) is 15.9 Å². The summed E-state index contributed by atoms with van der Waals surface area (Å²) in [6, 6.07) is 11.1. The van der Waals surface area contributed by atoms with Crippen molar-refractivity contribution in [2.75, 3.05) is 6.61 Å². The predicted octanol–water partition coefficient (Wildman–Crippen LogP) is 4.65. The van der Waals surface area contributed by atoms with Crippen LogP contribution in [0.1, 0.15) is 24.2 Å². The zero-order chi connectivity index (χ0) is 18.4. The standard InChI is InChI=1S/C18H16BrClO5/c1-11(2)24-18(22)12-3-6-14(7-4-12)25-17(21)10-23-16-8-5-13(19)9-15(16)20/h3-9,11H,10H2,1-2H3.